The van der Waals surface area contributed by atoms with Gasteiger partial charge in [0.25, 0.3) is 0 Å². The Kier molecular flexibility index (Phi) is 3.71. The van der Waals surface area contributed by atoms with E-state index in [1.165, 1.54) is 0 Å². The average molecular weight is 195 g/mol. The molecule has 1 rings (SSSR count). The average Bonchev–Trinajstić information content (AvgIpc) is 2.10. The van der Waals surface area contributed by atoms with Gasteiger partial charge in [-0.2, -0.15) is 0 Å². The maximum absolute atomic E-state index is 5.80. The van der Waals surface area contributed by atoms with E-state index in [-0.39, 0.29) is 6.04 Å². The van der Waals surface area contributed by atoms with Crippen LogP contribution in [0.1, 0.15) is 12.5 Å². The molecule has 0 amide bonds. The molecule has 1 atom stereocenters. The highest BCUT2D eigenvalue weighted by atomic mass is 16.5. The van der Waals surface area contributed by atoms with Crippen molar-refractivity contribution in [1.82, 2.24) is 4.98 Å². The normalized spacial score (nSPS) is 12.5. The van der Waals surface area contributed by atoms with Crippen molar-refractivity contribution in [2.75, 3.05) is 24.8 Å². The van der Waals surface area contributed by atoms with Gasteiger partial charge in [-0.15, -0.1) is 0 Å². The molecule has 1 aromatic rings. The first-order valence-corrected chi connectivity index (χ1v) is 4.61. The Morgan fingerprint density at radius 1 is 1.64 bits per heavy atom. The molecule has 0 radical (unpaired) electrons. The Bertz CT molecular complexity index is 301. The maximum Gasteiger partial charge on any atom is 0.149 e. The first kappa shape index (κ1) is 10.8. The monoisotopic (exact) mass is 195 g/mol. The van der Waals surface area contributed by atoms with Crippen LogP contribution in [0.4, 0.5) is 11.5 Å². The van der Waals surface area contributed by atoms with Crippen molar-refractivity contribution >= 4 is 11.5 Å². The Morgan fingerprint density at radius 3 is 2.93 bits per heavy atom. The van der Waals surface area contributed by atoms with Crippen molar-refractivity contribution in [1.29, 1.82) is 0 Å². The number of anilines is 2. The van der Waals surface area contributed by atoms with Crippen LogP contribution in [-0.2, 0) is 4.74 Å². The summed E-state index contributed by atoms with van der Waals surface area (Å²) in [6, 6.07) is 2.10. The number of hydrogen-bond donors (Lipinski definition) is 2. The van der Waals surface area contributed by atoms with Crippen LogP contribution in [0.2, 0.25) is 0 Å². The Morgan fingerprint density at radius 2 is 2.36 bits per heavy atom. The van der Waals surface area contributed by atoms with Gasteiger partial charge >= 0.3 is 0 Å². The summed E-state index contributed by atoms with van der Waals surface area (Å²) in [5.74, 6) is 0.722. The molecular weight excluding hydrogens is 178 g/mol. The number of pyridine rings is 1. The van der Waals surface area contributed by atoms with Gasteiger partial charge in [0.2, 0.25) is 0 Å². The largest absolute Gasteiger partial charge is 0.396 e. The fourth-order valence-corrected chi connectivity index (χ4v) is 1.24. The third-order valence-electron chi connectivity index (χ3n) is 1.85. The zero-order chi connectivity index (χ0) is 10.6. The zero-order valence-corrected chi connectivity index (χ0v) is 8.87. The summed E-state index contributed by atoms with van der Waals surface area (Å²) < 4.78 is 5.01. The minimum Gasteiger partial charge on any atom is -0.396 e. The van der Waals surface area contributed by atoms with Crippen molar-refractivity contribution in [3.63, 3.8) is 0 Å². The highest BCUT2D eigenvalue weighted by molar-refractivity contribution is 5.61. The van der Waals surface area contributed by atoms with Crippen molar-refractivity contribution in [3.8, 4) is 0 Å². The number of ether oxygens (including phenoxy) is 1. The lowest BCUT2D eigenvalue weighted by Crippen LogP contribution is -2.22. The number of nitrogens with two attached hydrogens (primary N) is 1. The lowest BCUT2D eigenvalue weighted by molar-refractivity contribution is 0.190. The van der Waals surface area contributed by atoms with Crippen LogP contribution < -0.4 is 11.1 Å². The van der Waals surface area contributed by atoms with Crippen LogP contribution in [0.3, 0.4) is 0 Å². The van der Waals surface area contributed by atoms with Gasteiger partial charge in [0.1, 0.15) is 5.82 Å². The molecule has 0 fully saturated rings. The Balaban J connectivity index is 2.67. The summed E-state index contributed by atoms with van der Waals surface area (Å²) in [5, 5.41) is 3.18. The van der Waals surface area contributed by atoms with Crippen molar-refractivity contribution < 1.29 is 4.74 Å². The lowest BCUT2D eigenvalue weighted by Gasteiger charge is -2.14. The summed E-state index contributed by atoms with van der Waals surface area (Å²) in [6.45, 7) is 4.62. The fourth-order valence-electron chi connectivity index (χ4n) is 1.24. The first-order valence-electron chi connectivity index (χ1n) is 4.61. The summed E-state index contributed by atoms with van der Waals surface area (Å²) >= 11 is 0. The molecule has 1 heterocycles. The molecule has 0 aliphatic carbocycles. The molecule has 0 spiro atoms. The van der Waals surface area contributed by atoms with Crippen LogP contribution in [0.5, 0.6) is 0 Å². The fraction of sp³-hybridized carbons (Fsp3) is 0.500. The highest BCUT2D eigenvalue weighted by Crippen LogP contribution is 2.16. The van der Waals surface area contributed by atoms with Crippen molar-refractivity contribution in [3.05, 3.63) is 17.8 Å². The molecule has 4 heteroatoms. The van der Waals surface area contributed by atoms with Crippen LogP contribution in [0.15, 0.2) is 12.3 Å². The first-order chi connectivity index (χ1) is 6.63. The maximum atomic E-state index is 5.80. The Labute approximate surface area is 84.5 Å². The van der Waals surface area contributed by atoms with E-state index in [1.54, 1.807) is 13.3 Å². The molecule has 1 unspecified atom stereocenters. The van der Waals surface area contributed by atoms with Gasteiger partial charge < -0.3 is 15.8 Å². The molecule has 0 bridgehead atoms. The quantitative estimate of drug-likeness (QED) is 0.762. The molecule has 1 aromatic heterocycles. The van der Waals surface area contributed by atoms with E-state index < -0.39 is 0 Å². The number of rotatable bonds is 4. The predicted molar refractivity (Wildman–Crippen MR) is 58.3 cm³/mol. The van der Waals surface area contributed by atoms with Gasteiger partial charge in [-0.05, 0) is 25.5 Å². The molecule has 78 valence electrons. The molecule has 0 aromatic carbocycles. The molecule has 4 nitrogen and oxygen atoms in total. The minimum atomic E-state index is 0.206. The van der Waals surface area contributed by atoms with E-state index >= 15 is 0 Å². The van der Waals surface area contributed by atoms with Gasteiger partial charge in [0, 0.05) is 19.3 Å². The van der Waals surface area contributed by atoms with E-state index in [2.05, 4.69) is 10.3 Å². The highest BCUT2D eigenvalue weighted by Gasteiger charge is 2.05. The molecule has 0 saturated heterocycles. The molecule has 0 saturated carbocycles. The predicted octanol–water partition coefficient (Wildman–Crippen LogP) is 1.42. The number of aryl methyl sites for hydroxylation is 1. The lowest BCUT2D eigenvalue weighted by atomic mass is 10.2. The molecule has 14 heavy (non-hydrogen) atoms. The molecule has 0 aliphatic heterocycles. The third-order valence-corrected chi connectivity index (χ3v) is 1.85. The minimum absolute atomic E-state index is 0.206. The number of aromatic nitrogens is 1. The number of nitrogens with zero attached hydrogens (tertiary/aromatic N) is 1. The molecule has 3 N–H and O–H groups in total. The van der Waals surface area contributed by atoms with Crippen LogP contribution >= 0.6 is 0 Å². The standard InChI is InChI=1S/C10H17N3O/c1-7-4-9(11)10(12-5-7)13-8(2)6-14-3/h4-5,8H,6,11H2,1-3H3,(H,12,13). The van der Waals surface area contributed by atoms with Crippen molar-refractivity contribution in [2.45, 2.75) is 19.9 Å². The van der Waals surface area contributed by atoms with Crippen molar-refractivity contribution in [2.24, 2.45) is 0 Å². The summed E-state index contributed by atoms with van der Waals surface area (Å²) in [7, 11) is 1.67. The van der Waals surface area contributed by atoms with Gasteiger partial charge in [0.15, 0.2) is 0 Å². The number of methoxy groups -OCH3 is 1. The van der Waals surface area contributed by atoms with E-state index in [1.807, 2.05) is 19.9 Å². The number of nitrogens with one attached hydrogen (secondary N) is 1. The third kappa shape index (κ3) is 2.88. The topological polar surface area (TPSA) is 60.2 Å². The second kappa shape index (κ2) is 4.81. The van der Waals surface area contributed by atoms with Gasteiger partial charge in [-0.3, -0.25) is 0 Å². The Hall–Kier alpha value is -1.29. The van der Waals surface area contributed by atoms with Crippen LogP contribution in [-0.4, -0.2) is 24.7 Å². The summed E-state index contributed by atoms with van der Waals surface area (Å²) in [4.78, 5) is 4.21. The van der Waals surface area contributed by atoms with Crippen LogP contribution in [0.25, 0.3) is 0 Å². The van der Waals surface area contributed by atoms with E-state index in [9.17, 15) is 0 Å². The van der Waals surface area contributed by atoms with E-state index in [0.29, 0.717) is 12.3 Å². The van der Waals surface area contributed by atoms with E-state index in [0.717, 1.165) is 11.4 Å². The smallest absolute Gasteiger partial charge is 0.149 e. The van der Waals surface area contributed by atoms with E-state index in [4.69, 9.17) is 10.5 Å². The van der Waals surface area contributed by atoms with Gasteiger partial charge in [-0.1, -0.05) is 0 Å². The second-order valence-corrected chi connectivity index (χ2v) is 3.45. The summed E-state index contributed by atoms with van der Waals surface area (Å²) in [5.41, 5.74) is 7.54. The number of nitrogen functional groups attached to an aromatic ring is 1. The summed E-state index contributed by atoms with van der Waals surface area (Å²) in [6.07, 6.45) is 1.79. The molecular formula is C10H17N3O. The van der Waals surface area contributed by atoms with Crippen LogP contribution in [0, 0.1) is 6.92 Å². The second-order valence-electron chi connectivity index (χ2n) is 3.45. The zero-order valence-electron chi connectivity index (χ0n) is 8.87. The number of hydrogen-bond acceptors (Lipinski definition) is 4. The molecule has 0 aliphatic rings. The van der Waals surface area contributed by atoms with Gasteiger partial charge in [0.05, 0.1) is 12.3 Å². The SMILES string of the molecule is COCC(C)Nc1ncc(C)cc1N. The van der Waals surface area contributed by atoms with Gasteiger partial charge in [-0.25, -0.2) is 4.98 Å².